The molecule has 0 radical (unpaired) electrons. The zero-order valence-corrected chi connectivity index (χ0v) is 18.8. The maximum Gasteiger partial charge on any atom is 0.255 e. The molecule has 0 bridgehead atoms. The van der Waals surface area contributed by atoms with Crippen LogP contribution in [0.2, 0.25) is 0 Å². The molecule has 2 aromatic rings. The molecule has 7 nitrogen and oxygen atoms in total. The van der Waals surface area contributed by atoms with Crippen LogP contribution in [0.1, 0.15) is 27.3 Å². The number of nitrogens with zero attached hydrogens (tertiary/aromatic N) is 4. The largest absolute Gasteiger partial charge is 0.378 e. The quantitative estimate of drug-likeness (QED) is 0.754. The van der Waals surface area contributed by atoms with E-state index >= 15 is 0 Å². The van der Waals surface area contributed by atoms with Crippen LogP contribution in [-0.2, 0) is 9.53 Å². The van der Waals surface area contributed by atoms with Crippen molar-refractivity contribution in [2.45, 2.75) is 20.8 Å². The second kappa shape index (κ2) is 9.24. The Bertz CT molecular complexity index is 954. The Morgan fingerprint density at radius 3 is 2.29 bits per heavy atom. The molecule has 0 aliphatic carbocycles. The lowest BCUT2D eigenvalue weighted by Crippen LogP contribution is -2.52. The number of rotatable bonds is 4. The van der Waals surface area contributed by atoms with Gasteiger partial charge in [0.2, 0.25) is 5.91 Å². The third-order valence-electron chi connectivity index (χ3n) is 6.30. The van der Waals surface area contributed by atoms with Crippen LogP contribution in [0.25, 0.3) is 5.69 Å². The van der Waals surface area contributed by atoms with Gasteiger partial charge in [-0.15, -0.1) is 0 Å². The van der Waals surface area contributed by atoms with E-state index in [0.717, 1.165) is 35.7 Å². The monoisotopic (exact) mass is 424 g/mol. The highest BCUT2D eigenvalue weighted by molar-refractivity contribution is 5.96. The molecule has 0 unspecified atom stereocenters. The van der Waals surface area contributed by atoms with Crippen LogP contribution in [0.15, 0.2) is 30.3 Å². The number of piperazine rings is 1. The number of hydrogen-bond acceptors (Lipinski definition) is 4. The van der Waals surface area contributed by atoms with Crippen LogP contribution in [0.3, 0.4) is 0 Å². The number of ether oxygens (including phenoxy) is 1. The highest BCUT2D eigenvalue weighted by Crippen LogP contribution is 2.23. The number of carbonyl (C=O) groups excluding carboxylic acids is 2. The molecule has 0 N–H and O–H groups in total. The van der Waals surface area contributed by atoms with Crippen molar-refractivity contribution in [3.8, 4) is 5.69 Å². The van der Waals surface area contributed by atoms with Gasteiger partial charge in [-0.3, -0.25) is 14.5 Å². The van der Waals surface area contributed by atoms with Crippen LogP contribution in [0.4, 0.5) is 0 Å². The Balaban J connectivity index is 1.39. The normalized spacial score (nSPS) is 17.8. The Morgan fingerprint density at radius 1 is 0.903 bits per heavy atom. The lowest BCUT2D eigenvalue weighted by molar-refractivity contribution is -0.136. The van der Waals surface area contributed by atoms with E-state index in [1.54, 1.807) is 0 Å². The third-order valence-corrected chi connectivity index (χ3v) is 6.30. The lowest BCUT2D eigenvalue weighted by Gasteiger charge is -2.36. The van der Waals surface area contributed by atoms with Gasteiger partial charge in [-0.2, -0.15) is 0 Å². The summed E-state index contributed by atoms with van der Waals surface area (Å²) in [6.07, 6.45) is 0. The van der Waals surface area contributed by atoms with E-state index in [4.69, 9.17) is 4.74 Å². The molecule has 166 valence electrons. The predicted octanol–water partition coefficient (Wildman–Crippen LogP) is 2.02. The van der Waals surface area contributed by atoms with E-state index < -0.39 is 0 Å². The van der Waals surface area contributed by atoms with Crippen molar-refractivity contribution in [2.24, 2.45) is 0 Å². The van der Waals surface area contributed by atoms with Crippen molar-refractivity contribution >= 4 is 11.8 Å². The van der Waals surface area contributed by atoms with Crippen molar-refractivity contribution in [2.75, 3.05) is 59.0 Å². The molecular formula is C24H32N4O3. The van der Waals surface area contributed by atoms with Crippen molar-refractivity contribution in [1.82, 2.24) is 19.3 Å². The first-order valence-electron chi connectivity index (χ1n) is 11.1. The maximum atomic E-state index is 13.3. The van der Waals surface area contributed by atoms with Crippen LogP contribution in [-0.4, -0.2) is 90.1 Å². The molecule has 2 fully saturated rings. The highest BCUT2D eigenvalue weighted by Gasteiger charge is 2.27. The van der Waals surface area contributed by atoms with Crippen molar-refractivity contribution in [1.29, 1.82) is 0 Å². The number of carbonyl (C=O) groups is 2. The molecule has 2 aliphatic heterocycles. The second-order valence-electron chi connectivity index (χ2n) is 8.52. The summed E-state index contributed by atoms with van der Waals surface area (Å²) in [6, 6.07) is 10.3. The molecule has 31 heavy (non-hydrogen) atoms. The topological polar surface area (TPSA) is 58.0 Å². The van der Waals surface area contributed by atoms with E-state index in [1.165, 1.54) is 5.56 Å². The van der Waals surface area contributed by atoms with E-state index in [-0.39, 0.29) is 11.8 Å². The molecule has 1 aromatic heterocycles. The van der Waals surface area contributed by atoms with Gasteiger partial charge >= 0.3 is 0 Å². The summed E-state index contributed by atoms with van der Waals surface area (Å²) < 4.78 is 7.47. The summed E-state index contributed by atoms with van der Waals surface area (Å²) in [6.45, 7) is 11.9. The summed E-state index contributed by atoms with van der Waals surface area (Å²) in [5.41, 5.74) is 5.07. The molecule has 0 saturated carbocycles. The number of amides is 2. The lowest BCUT2D eigenvalue weighted by atomic mass is 10.2. The number of aromatic nitrogens is 1. The van der Waals surface area contributed by atoms with Gasteiger partial charge in [-0.25, -0.2) is 0 Å². The SMILES string of the molecule is Cc1cccc(-n2c(C)cc(C(=O)N3CCN(CC(=O)N4CCOCC4)CC3)c2C)c1. The van der Waals surface area contributed by atoms with E-state index in [0.29, 0.717) is 45.9 Å². The van der Waals surface area contributed by atoms with Crippen LogP contribution < -0.4 is 0 Å². The zero-order valence-electron chi connectivity index (χ0n) is 18.8. The first kappa shape index (κ1) is 21.6. The summed E-state index contributed by atoms with van der Waals surface area (Å²) >= 11 is 0. The number of morpholine rings is 1. The van der Waals surface area contributed by atoms with E-state index in [9.17, 15) is 9.59 Å². The van der Waals surface area contributed by atoms with Crippen molar-refractivity contribution < 1.29 is 14.3 Å². The molecule has 7 heteroatoms. The minimum absolute atomic E-state index is 0.0751. The van der Waals surface area contributed by atoms with Crippen LogP contribution >= 0.6 is 0 Å². The minimum Gasteiger partial charge on any atom is -0.378 e. The van der Waals surface area contributed by atoms with Gasteiger partial charge in [-0.1, -0.05) is 12.1 Å². The molecule has 2 saturated heterocycles. The molecule has 2 amide bonds. The van der Waals surface area contributed by atoms with Gasteiger partial charge in [-0.05, 0) is 44.5 Å². The van der Waals surface area contributed by atoms with Gasteiger partial charge in [0.25, 0.3) is 5.91 Å². The minimum atomic E-state index is 0.0751. The Kier molecular flexibility index (Phi) is 6.43. The Labute approximate surface area is 184 Å². The second-order valence-corrected chi connectivity index (χ2v) is 8.52. The number of hydrogen-bond donors (Lipinski definition) is 0. The van der Waals surface area contributed by atoms with Gasteiger partial charge in [0.15, 0.2) is 0 Å². The fraction of sp³-hybridized carbons (Fsp3) is 0.500. The van der Waals surface area contributed by atoms with Gasteiger partial charge in [0.1, 0.15) is 0 Å². The molecule has 2 aliphatic rings. The molecule has 3 heterocycles. The summed E-state index contributed by atoms with van der Waals surface area (Å²) in [4.78, 5) is 31.7. The molecular weight excluding hydrogens is 392 g/mol. The summed E-state index contributed by atoms with van der Waals surface area (Å²) in [5.74, 6) is 0.232. The first-order valence-corrected chi connectivity index (χ1v) is 11.1. The molecule has 4 rings (SSSR count). The van der Waals surface area contributed by atoms with Gasteiger partial charge in [0.05, 0.1) is 25.3 Å². The van der Waals surface area contributed by atoms with Crippen molar-refractivity contribution in [3.63, 3.8) is 0 Å². The fourth-order valence-electron chi connectivity index (χ4n) is 4.53. The molecule has 0 spiro atoms. The van der Waals surface area contributed by atoms with Crippen LogP contribution in [0.5, 0.6) is 0 Å². The van der Waals surface area contributed by atoms with E-state index in [1.807, 2.05) is 35.8 Å². The average Bonchev–Trinajstić information content (AvgIpc) is 3.08. The third kappa shape index (κ3) is 4.67. The summed E-state index contributed by atoms with van der Waals surface area (Å²) in [7, 11) is 0. The Hall–Kier alpha value is -2.64. The predicted molar refractivity (Wildman–Crippen MR) is 120 cm³/mol. The van der Waals surface area contributed by atoms with Crippen LogP contribution in [0, 0.1) is 20.8 Å². The molecule has 0 atom stereocenters. The summed E-state index contributed by atoms with van der Waals surface area (Å²) in [5, 5.41) is 0. The van der Waals surface area contributed by atoms with Gasteiger partial charge < -0.3 is 19.1 Å². The molecule has 1 aromatic carbocycles. The first-order chi connectivity index (χ1) is 14.9. The average molecular weight is 425 g/mol. The van der Waals surface area contributed by atoms with Gasteiger partial charge in [0, 0.05) is 56.3 Å². The van der Waals surface area contributed by atoms with Crippen molar-refractivity contribution in [3.05, 3.63) is 52.8 Å². The maximum absolute atomic E-state index is 13.3. The number of benzene rings is 1. The highest BCUT2D eigenvalue weighted by atomic mass is 16.5. The zero-order chi connectivity index (χ0) is 22.0. The smallest absolute Gasteiger partial charge is 0.255 e. The Morgan fingerprint density at radius 2 is 1.61 bits per heavy atom. The standard InChI is InChI=1S/C24H32N4O3/c1-18-5-4-6-21(15-18)28-19(2)16-22(20(28)3)24(30)27-9-7-25(8-10-27)17-23(29)26-11-13-31-14-12-26/h4-6,15-16H,7-14,17H2,1-3H3. The number of aryl methyl sites for hydroxylation is 2. The van der Waals surface area contributed by atoms with E-state index in [2.05, 4.69) is 34.6 Å². The fourth-order valence-corrected chi connectivity index (χ4v) is 4.53.